The highest BCUT2D eigenvalue weighted by Crippen LogP contribution is 2.33. The van der Waals surface area contributed by atoms with Crippen LogP contribution >= 0.6 is 0 Å². The SMILES string of the molecule is CCC1CCCCN1C(=O)C(C)N1C[C@@H](CN)[C@H](c2ccccc2)C1. The molecule has 2 heterocycles. The minimum absolute atomic E-state index is 0.0464. The van der Waals surface area contributed by atoms with Gasteiger partial charge in [-0.2, -0.15) is 0 Å². The van der Waals surface area contributed by atoms with Gasteiger partial charge in [0.15, 0.2) is 0 Å². The van der Waals surface area contributed by atoms with Gasteiger partial charge in [0.25, 0.3) is 0 Å². The van der Waals surface area contributed by atoms with E-state index in [0.29, 0.717) is 30.3 Å². The maximum Gasteiger partial charge on any atom is 0.239 e. The standard InChI is InChI=1S/C21H33N3O/c1-3-19-11-7-8-12-24(19)21(25)16(2)23-14-18(13-22)20(15-23)17-9-5-4-6-10-17/h4-6,9-10,16,18-20H,3,7-8,11-15,22H2,1-2H3/t16?,18-,19?,20+/m1/s1. The highest BCUT2D eigenvalue weighted by atomic mass is 16.2. The molecule has 1 amide bonds. The number of carbonyl (C=O) groups is 1. The van der Waals surface area contributed by atoms with Crippen molar-refractivity contribution >= 4 is 5.91 Å². The molecule has 2 N–H and O–H groups in total. The number of piperidine rings is 1. The Labute approximate surface area is 152 Å². The molecule has 0 aliphatic carbocycles. The van der Waals surface area contributed by atoms with Crippen molar-refractivity contribution in [3.05, 3.63) is 35.9 Å². The molecular formula is C21H33N3O. The van der Waals surface area contributed by atoms with Crippen molar-refractivity contribution in [1.29, 1.82) is 0 Å². The average Bonchev–Trinajstić information content (AvgIpc) is 3.12. The van der Waals surface area contributed by atoms with Crippen LogP contribution in [0.5, 0.6) is 0 Å². The van der Waals surface area contributed by atoms with Gasteiger partial charge in [-0.15, -0.1) is 0 Å². The van der Waals surface area contributed by atoms with Crippen LogP contribution in [0.15, 0.2) is 30.3 Å². The van der Waals surface area contributed by atoms with Crippen LogP contribution in [-0.4, -0.2) is 54.0 Å². The smallest absolute Gasteiger partial charge is 0.239 e. The van der Waals surface area contributed by atoms with Gasteiger partial charge in [0.05, 0.1) is 6.04 Å². The number of amides is 1. The fraction of sp³-hybridized carbons (Fsp3) is 0.667. The quantitative estimate of drug-likeness (QED) is 0.894. The third kappa shape index (κ3) is 3.90. The van der Waals surface area contributed by atoms with E-state index in [9.17, 15) is 4.79 Å². The number of hydrogen-bond acceptors (Lipinski definition) is 3. The summed E-state index contributed by atoms with van der Waals surface area (Å²) in [4.78, 5) is 17.7. The molecule has 0 radical (unpaired) electrons. The Morgan fingerprint density at radius 2 is 2.00 bits per heavy atom. The molecule has 0 bridgehead atoms. The van der Waals surface area contributed by atoms with E-state index < -0.39 is 0 Å². The van der Waals surface area contributed by atoms with Gasteiger partial charge in [-0.25, -0.2) is 0 Å². The third-order valence-electron chi connectivity index (χ3n) is 6.29. The molecule has 0 spiro atoms. The van der Waals surface area contributed by atoms with Gasteiger partial charge in [0.1, 0.15) is 0 Å². The van der Waals surface area contributed by atoms with Crippen molar-refractivity contribution in [2.24, 2.45) is 11.7 Å². The van der Waals surface area contributed by atoms with Gasteiger partial charge in [0.2, 0.25) is 5.91 Å². The lowest BCUT2D eigenvalue weighted by Gasteiger charge is -2.38. The summed E-state index contributed by atoms with van der Waals surface area (Å²) in [5, 5.41) is 0. The molecule has 1 aromatic rings. The van der Waals surface area contributed by atoms with Crippen LogP contribution in [0.25, 0.3) is 0 Å². The molecule has 2 aliphatic rings. The molecule has 0 saturated carbocycles. The zero-order valence-electron chi connectivity index (χ0n) is 15.7. The molecule has 2 unspecified atom stereocenters. The fourth-order valence-electron chi connectivity index (χ4n) is 4.65. The molecule has 2 fully saturated rings. The van der Waals surface area contributed by atoms with Gasteiger partial charge in [-0.05, 0) is 50.6 Å². The molecule has 1 aromatic carbocycles. The Kier molecular flexibility index (Phi) is 6.13. The van der Waals surface area contributed by atoms with E-state index in [2.05, 4.69) is 54.0 Å². The molecule has 3 rings (SSSR count). The maximum absolute atomic E-state index is 13.1. The number of hydrogen-bond donors (Lipinski definition) is 1. The fourth-order valence-corrected chi connectivity index (χ4v) is 4.65. The minimum atomic E-state index is -0.0464. The molecule has 4 atom stereocenters. The Morgan fingerprint density at radius 3 is 2.68 bits per heavy atom. The van der Waals surface area contributed by atoms with Crippen LogP contribution in [0.3, 0.4) is 0 Å². The normalized spacial score (nSPS) is 28.9. The summed E-state index contributed by atoms with van der Waals surface area (Å²) < 4.78 is 0. The zero-order chi connectivity index (χ0) is 17.8. The molecule has 2 saturated heterocycles. The van der Waals surface area contributed by atoms with Crippen LogP contribution in [0.4, 0.5) is 0 Å². The lowest BCUT2D eigenvalue weighted by atomic mass is 9.89. The van der Waals surface area contributed by atoms with E-state index in [1.54, 1.807) is 0 Å². The van der Waals surface area contributed by atoms with Crippen molar-refractivity contribution in [3.63, 3.8) is 0 Å². The van der Waals surface area contributed by atoms with Gasteiger partial charge in [-0.1, -0.05) is 37.3 Å². The second-order valence-corrected chi connectivity index (χ2v) is 7.73. The van der Waals surface area contributed by atoms with Crippen molar-refractivity contribution < 1.29 is 4.79 Å². The summed E-state index contributed by atoms with van der Waals surface area (Å²) in [6.07, 6.45) is 4.63. The van der Waals surface area contributed by atoms with E-state index in [0.717, 1.165) is 38.9 Å². The number of carbonyl (C=O) groups excluding carboxylic acids is 1. The number of likely N-dealkylation sites (tertiary alicyclic amines) is 2. The van der Waals surface area contributed by atoms with Gasteiger partial charge >= 0.3 is 0 Å². The predicted molar refractivity (Wildman–Crippen MR) is 102 cm³/mol. The van der Waals surface area contributed by atoms with E-state index in [1.165, 1.54) is 12.0 Å². The highest BCUT2D eigenvalue weighted by Gasteiger charge is 2.39. The van der Waals surface area contributed by atoms with E-state index in [1.807, 2.05) is 0 Å². The molecule has 4 nitrogen and oxygen atoms in total. The first-order valence-electron chi connectivity index (χ1n) is 9.95. The Hall–Kier alpha value is -1.39. The van der Waals surface area contributed by atoms with Crippen molar-refractivity contribution in [3.8, 4) is 0 Å². The number of benzene rings is 1. The summed E-state index contributed by atoms with van der Waals surface area (Å²) in [5.41, 5.74) is 7.42. The monoisotopic (exact) mass is 343 g/mol. The van der Waals surface area contributed by atoms with E-state index in [4.69, 9.17) is 5.73 Å². The van der Waals surface area contributed by atoms with Crippen LogP contribution in [0, 0.1) is 5.92 Å². The molecule has 138 valence electrons. The first kappa shape index (κ1) is 18.4. The summed E-state index contributed by atoms with van der Waals surface area (Å²) in [6, 6.07) is 11.0. The summed E-state index contributed by atoms with van der Waals surface area (Å²) in [7, 11) is 0. The topological polar surface area (TPSA) is 49.6 Å². The molecule has 2 aliphatic heterocycles. The van der Waals surface area contributed by atoms with Gasteiger partial charge < -0.3 is 10.6 Å². The summed E-state index contributed by atoms with van der Waals surface area (Å²) in [5.74, 6) is 1.18. The lowest BCUT2D eigenvalue weighted by Crippen LogP contribution is -2.51. The first-order valence-corrected chi connectivity index (χ1v) is 9.95. The van der Waals surface area contributed by atoms with Crippen molar-refractivity contribution in [1.82, 2.24) is 9.80 Å². The van der Waals surface area contributed by atoms with E-state index in [-0.39, 0.29) is 6.04 Å². The first-order chi connectivity index (χ1) is 12.2. The Bertz CT molecular complexity index is 562. The molecule has 0 aromatic heterocycles. The molecule has 4 heteroatoms. The average molecular weight is 344 g/mol. The van der Waals surface area contributed by atoms with Gasteiger partial charge in [-0.3, -0.25) is 9.69 Å². The Balaban J connectivity index is 1.70. The lowest BCUT2D eigenvalue weighted by molar-refractivity contribution is -0.140. The van der Waals surface area contributed by atoms with Crippen molar-refractivity contribution in [2.75, 3.05) is 26.2 Å². The van der Waals surface area contributed by atoms with Gasteiger partial charge in [0, 0.05) is 31.6 Å². The second-order valence-electron chi connectivity index (χ2n) is 7.73. The van der Waals surface area contributed by atoms with Crippen molar-refractivity contribution in [2.45, 2.75) is 57.5 Å². The number of nitrogens with zero attached hydrogens (tertiary/aromatic N) is 2. The maximum atomic E-state index is 13.1. The highest BCUT2D eigenvalue weighted by molar-refractivity contribution is 5.82. The number of nitrogens with two attached hydrogens (primary N) is 1. The third-order valence-corrected chi connectivity index (χ3v) is 6.29. The summed E-state index contributed by atoms with van der Waals surface area (Å²) in [6.45, 7) is 7.75. The predicted octanol–water partition coefficient (Wildman–Crippen LogP) is 2.84. The second kappa shape index (κ2) is 8.33. The Morgan fingerprint density at radius 1 is 1.24 bits per heavy atom. The van der Waals surface area contributed by atoms with Crippen LogP contribution < -0.4 is 5.73 Å². The largest absolute Gasteiger partial charge is 0.338 e. The van der Waals surface area contributed by atoms with E-state index >= 15 is 0 Å². The van der Waals surface area contributed by atoms with Crippen LogP contribution in [0.2, 0.25) is 0 Å². The molecule has 25 heavy (non-hydrogen) atoms. The molecular weight excluding hydrogens is 310 g/mol. The minimum Gasteiger partial charge on any atom is -0.338 e. The van der Waals surface area contributed by atoms with Crippen LogP contribution in [0.1, 0.15) is 51.0 Å². The van der Waals surface area contributed by atoms with Crippen LogP contribution in [-0.2, 0) is 4.79 Å². The number of rotatable bonds is 5. The zero-order valence-corrected chi connectivity index (χ0v) is 15.7. The summed E-state index contributed by atoms with van der Waals surface area (Å²) >= 11 is 0.